The Kier molecular flexibility index (Phi) is 4.51. The highest BCUT2D eigenvalue weighted by Gasteiger charge is 2.43. The summed E-state index contributed by atoms with van der Waals surface area (Å²) in [5.41, 5.74) is 6.09. The lowest BCUT2D eigenvalue weighted by Gasteiger charge is -2.27. The fourth-order valence-electron chi connectivity index (χ4n) is 3.63. The van der Waals surface area contributed by atoms with E-state index < -0.39 is 0 Å². The molecule has 4 atom stereocenters. The molecule has 5 heteroatoms. The van der Waals surface area contributed by atoms with Crippen LogP contribution in [-0.2, 0) is 9.53 Å². The average molecular weight is 275 g/mol. The number of fused-ring (bicyclic) bond motifs is 1. The second-order valence-electron chi connectivity index (χ2n) is 5.76. The fourth-order valence-corrected chi connectivity index (χ4v) is 3.63. The highest BCUT2D eigenvalue weighted by molar-refractivity contribution is 5.85. The Morgan fingerprint density at radius 3 is 2.67 bits per heavy atom. The molecule has 0 aromatic heterocycles. The lowest BCUT2D eigenvalue weighted by molar-refractivity contribution is -0.145. The zero-order chi connectivity index (χ0) is 11.8. The molecule has 104 valence electrons. The van der Waals surface area contributed by atoms with Crippen LogP contribution < -0.4 is 5.73 Å². The van der Waals surface area contributed by atoms with Crippen LogP contribution in [0.4, 0.5) is 0 Å². The average Bonchev–Trinajstić information content (AvgIpc) is 2.92. The molecule has 2 aliphatic heterocycles. The highest BCUT2D eigenvalue weighted by atomic mass is 35.5. The first-order valence-electron chi connectivity index (χ1n) is 6.91. The van der Waals surface area contributed by atoms with Crippen LogP contribution in [0.1, 0.15) is 32.1 Å². The van der Waals surface area contributed by atoms with Gasteiger partial charge < -0.3 is 15.4 Å². The molecule has 2 saturated heterocycles. The van der Waals surface area contributed by atoms with Crippen molar-refractivity contribution in [3.05, 3.63) is 0 Å². The Morgan fingerprint density at radius 2 is 2.00 bits per heavy atom. The molecule has 0 aromatic rings. The minimum Gasteiger partial charge on any atom is -0.368 e. The van der Waals surface area contributed by atoms with E-state index in [0.29, 0.717) is 17.9 Å². The van der Waals surface area contributed by atoms with Crippen molar-refractivity contribution in [1.82, 2.24) is 4.90 Å². The molecule has 3 aliphatic rings. The molecule has 3 rings (SSSR count). The summed E-state index contributed by atoms with van der Waals surface area (Å²) in [6, 6.07) is 0.310. The number of amides is 1. The summed E-state index contributed by atoms with van der Waals surface area (Å²) >= 11 is 0. The predicted molar refractivity (Wildman–Crippen MR) is 71.6 cm³/mol. The van der Waals surface area contributed by atoms with Crippen molar-refractivity contribution in [2.75, 3.05) is 19.7 Å². The molecular formula is C13H23ClN2O2. The second kappa shape index (κ2) is 5.76. The van der Waals surface area contributed by atoms with Crippen molar-refractivity contribution in [2.24, 2.45) is 17.6 Å². The zero-order valence-corrected chi connectivity index (χ0v) is 11.5. The van der Waals surface area contributed by atoms with Crippen LogP contribution in [-0.4, -0.2) is 42.6 Å². The summed E-state index contributed by atoms with van der Waals surface area (Å²) in [5.74, 6) is 1.41. The van der Waals surface area contributed by atoms with Gasteiger partial charge in [-0.2, -0.15) is 0 Å². The van der Waals surface area contributed by atoms with Gasteiger partial charge >= 0.3 is 0 Å². The molecule has 4 unspecified atom stereocenters. The number of nitrogens with zero attached hydrogens (tertiary/aromatic N) is 1. The number of likely N-dealkylation sites (tertiary alicyclic amines) is 1. The maximum Gasteiger partial charge on any atom is 0.251 e. The molecule has 1 amide bonds. The third kappa shape index (κ3) is 2.51. The lowest BCUT2D eigenvalue weighted by atomic mass is 9.98. The summed E-state index contributed by atoms with van der Waals surface area (Å²) < 4.78 is 5.58. The largest absolute Gasteiger partial charge is 0.368 e. The molecular weight excluding hydrogens is 252 g/mol. The summed E-state index contributed by atoms with van der Waals surface area (Å²) in [6.07, 6.45) is 5.28. The number of carbonyl (C=O) groups excluding carboxylic acids is 1. The monoisotopic (exact) mass is 274 g/mol. The molecule has 2 N–H and O–H groups in total. The highest BCUT2D eigenvalue weighted by Crippen LogP contribution is 2.37. The molecule has 0 aromatic carbocycles. The third-order valence-corrected chi connectivity index (χ3v) is 4.68. The third-order valence-electron chi connectivity index (χ3n) is 4.68. The van der Waals surface area contributed by atoms with Crippen molar-refractivity contribution in [3.63, 3.8) is 0 Å². The van der Waals surface area contributed by atoms with Crippen molar-refractivity contribution in [1.29, 1.82) is 0 Å². The van der Waals surface area contributed by atoms with Gasteiger partial charge in [0.1, 0.15) is 6.10 Å². The second-order valence-corrected chi connectivity index (χ2v) is 5.76. The van der Waals surface area contributed by atoms with Crippen LogP contribution in [0.2, 0.25) is 0 Å². The van der Waals surface area contributed by atoms with E-state index in [1.165, 1.54) is 6.42 Å². The van der Waals surface area contributed by atoms with E-state index in [4.69, 9.17) is 10.5 Å². The van der Waals surface area contributed by atoms with Gasteiger partial charge in [0.2, 0.25) is 0 Å². The van der Waals surface area contributed by atoms with E-state index in [0.717, 1.165) is 45.4 Å². The van der Waals surface area contributed by atoms with Gasteiger partial charge in [-0.15, -0.1) is 12.4 Å². The first kappa shape index (κ1) is 14.1. The van der Waals surface area contributed by atoms with Crippen LogP contribution in [0.15, 0.2) is 0 Å². The molecule has 4 nitrogen and oxygen atoms in total. The molecule has 0 radical (unpaired) electrons. The normalized spacial score (nSPS) is 39.3. The number of hydrogen-bond acceptors (Lipinski definition) is 3. The summed E-state index contributed by atoms with van der Waals surface area (Å²) in [4.78, 5) is 14.3. The lowest BCUT2D eigenvalue weighted by Crippen LogP contribution is -2.42. The Bertz CT molecular complexity index is 307. The van der Waals surface area contributed by atoms with Crippen LogP contribution >= 0.6 is 12.4 Å². The van der Waals surface area contributed by atoms with Gasteiger partial charge in [-0.25, -0.2) is 0 Å². The molecule has 3 fully saturated rings. The van der Waals surface area contributed by atoms with Gasteiger partial charge in [0.15, 0.2) is 0 Å². The van der Waals surface area contributed by atoms with Crippen LogP contribution in [0.5, 0.6) is 0 Å². The fraction of sp³-hybridized carbons (Fsp3) is 0.923. The molecule has 2 heterocycles. The van der Waals surface area contributed by atoms with Gasteiger partial charge in [-0.3, -0.25) is 4.79 Å². The van der Waals surface area contributed by atoms with E-state index in [2.05, 4.69) is 0 Å². The van der Waals surface area contributed by atoms with Crippen molar-refractivity contribution < 1.29 is 9.53 Å². The van der Waals surface area contributed by atoms with Crippen molar-refractivity contribution in [2.45, 2.75) is 44.2 Å². The topological polar surface area (TPSA) is 55.6 Å². The molecule has 18 heavy (non-hydrogen) atoms. The molecule has 0 spiro atoms. The number of carbonyl (C=O) groups is 1. The number of halogens is 1. The zero-order valence-electron chi connectivity index (χ0n) is 10.7. The van der Waals surface area contributed by atoms with Crippen LogP contribution in [0.3, 0.4) is 0 Å². The molecule has 1 aliphatic carbocycles. The predicted octanol–water partition coefficient (Wildman–Crippen LogP) is 1.17. The first-order valence-corrected chi connectivity index (χ1v) is 6.91. The van der Waals surface area contributed by atoms with E-state index in [1.54, 1.807) is 0 Å². The molecule has 1 saturated carbocycles. The van der Waals surface area contributed by atoms with Gasteiger partial charge in [0, 0.05) is 25.7 Å². The van der Waals surface area contributed by atoms with Gasteiger partial charge in [-0.05, 0) is 43.9 Å². The minimum absolute atomic E-state index is 0. The quantitative estimate of drug-likeness (QED) is 0.781. The standard InChI is InChI=1S/C13H22N2O2.ClH/c14-11-5-4-9-7-15(8-10(9)11)13(16)12-3-1-2-6-17-12;/h9-12H,1-8,14H2;1H. The SMILES string of the molecule is Cl.NC1CCC2CN(C(=O)C3CCCCO3)CC12. The summed E-state index contributed by atoms with van der Waals surface area (Å²) in [5, 5.41) is 0. The Hall–Kier alpha value is -0.320. The van der Waals surface area contributed by atoms with E-state index >= 15 is 0 Å². The van der Waals surface area contributed by atoms with Crippen LogP contribution in [0.25, 0.3) is 0 Å². The van der Waals surface area contributed by atoms with Gasteiger partial charge in [-0.1, -0.05) is 0 Å². The van der Waals surface area contributed by atoms with E-state index in [-0.39, 0.29) is 24.4 Å². The number of rotatable bonds is 1. The van der Waals surface area contributed by atoms with Crippen LogP contribution in [0, 0.1) is 11.8 Å². The Morgan fingerprint density at radius 1 is 1.17 bits per heavy atom. The molecule has 0 bridgehead atoms. The Balaban J connectivity index is 0.00000120. The van der Waals surface area contributed by atoms with E-state index in [9.17, 15) is 4.79 Å². The Labute approximate surface area is 115 Å². The number of nitrogens with two attached hydrogens (primary N) is 1. The summed E-state index contributed by atoms with van der Waals surface area (Å²) in [7, 11) is 0. The summed E-state index contributed by atoms with van der Waals surface area (Å²) in [6.45, 7) is 2.53. The maximum atomic E-state index is 12.3. The van der Waals surface area contributed by atoms with Crippen molar-refractivity contribution in [3.8, 4) is 0 Å². The smallest absolute Gasteiger partial charge is 0.251 e. The van der Waals surface area contributed by atoms with Crippen molar-refractivity contribution >= 4 is 18.3 Å². The minimum atomic E-state index is -0.168. The number of hydrogen-bond donors (Lipinski definition) is 1. The van der Waals surface area contributed by atoms with Gasteiger partial charge in [0.25, 0.3) is 5.91 Å². The maximum absolute atomic E-state index is 12.3. The first-order chi connectivity index (χ1) is 8.25. The van der Waals surface area contributed by atoms with E-state index in [1.807, 2.05) is 4.90 Å². The van der Waals surface area contributed by atoms with Gasteiger partial charge in [0.05, 0.1) is 0 Å². The number of ether oxygens (including phenoxy) is 1.